The lowest BCUT2D eigenvalue weighted by Gasteiger charge is -2.22. The molecule has 0 aliphatic rings. The van der Waals surface area contributed by atoms with Gasteiger partial charge in [0.25, 0.3) is 0 Å². The summed E-state index contributed by atoms with van der Waals surface area (Å²) in [5, 5.41) is 18.1. The molecule has 1 rings (SSSR count). The van der Waals surface area contributed by atoms with Crippen LogP contribution in [-0.2, 0) is 28.9 Å². The average Bonchev–Trinajstić information content (AvgIpc) is 2.59. The number of hydrogen-bond donors (Lipinski definition) is 2. The van der Waals surface area contributed by atoms with Crippen LogP contribution in [-0.4, -0.2) is 55.8 Å². The first-order chi connectivity index (χ1) is 11.9. The number of hydrogen-bond acceptors (Lipinski definition) is 9. The summed E-state index contributed by atoms with van der Waals surface area (Å²) in [6.45, 7) is -3.07. The van der Waals surface area contributed by atoms with Crippen LogP contribution in [0.25, 0.3) is 0 Å². The Bertz CT molecular complexity index is 565. The zero-order valence-corrected chi connectivity index (χ0v) is 15.8. The standard InChI is InChI=1S/C15H23O8PS/c1-12(18)22-14-5-3-13(4-6-14)11-25-24(19,21-8-7-16)23-15(9-17)10-20-2/h3-6,15-17H,7-11H2,1-2H3. The topological polar surface area (TPSA) is 112 Å². The molecule has 142 valence electrons. The smallest absolute Gasteiger partial charge is 0.389 e. The van der Waals surface area contributed by atoms with Gasteiger partial charge in [-0.25, -0.2) is 4.57 Å². The van der Waals surface area contributed by atoms with Gasteiger partial charge in [-0.2, -0.15) is 0 Å². The maximum Gasteiger partial charge on any atom is 0.389 e. The van der Waals surface area contributed by atoms with Crippen molar-refractivity contribution in [3.63, 3.8) is 0 Å². The summed E-state index contributed by atoms with van der Waals surface area (Å²) in [7, 11) is 1.43. The first-order valence-electron chi connectivity index (χ1n) is 7.48. The Kier molecular flexibility index (Phi) is 10.3. The third-order valence-electron chi connectivity index (χ3n) is 2.75. The van der Waals surface area contributed by atoms with Crippen molar-refractivity contribution in [1.82, 2.24) is 0 Å². The van der Waals surface area contributed by atoms with Crippen LogP contribution >= 0.6 is 18.2 Å². The van der Waals surface area contributed by atoms with E-state index >= 15 is 0 Å². The number of rotatable bonds is 12. The van der Waals surface area contributed by atoms with E-state index < -0.39 is 18.9 Å². The van der Waals surface area contributed by atoms with Crippen molar-refractivity contribution >= 4 is 24.1 Å². The van der Waals surface area contributed by atoms with E-state index in [1.54, 1.807) is 24.3 Å². The molecule has 1 aromatic carbocycles. The molecule has 0 saturated heterocycles. The lowest BCUT2D eigenvalue weighted by Crippen LogP contribution is -2.22. The van der Waals surface area contributed by atoms with Crippen LogP contribution in [0.1, 0.15) is 12.5 Å². The van der Waals surface area contributed by atoms with Crippen molar-refractivity contribution in [3.8, 4) is 5.75 Å². The lowest BCUT2D eigenvalue weighted by molar-refractivity contribution is -0.131. The molecule has 0 spiro atoms. The van der Waals surface area contributed by atoms with Gasteiger partial charge in [-0.3, -0.25) is 13.8 Å². The Morgan fingerprint density at radius 3 is 2.48 bits per heavy atom. The van der Waals surface area contributed by atoms with E-state index in [1.807, 2.05) is 0 Å². The predicted octanol–water partition coefficient (Wildman–Crippen LogP) is 1.99. The second-order valence-electron chi connectivity index (χ2n) is 4.88. The maximum atomic E-state index is 12.8. The number of carbonyl (C=O) groups is 1. The zero-order valence-electron chi connectivity index (χ0n) is 14.1. The van der Waals surface area contributed by atoms with E-state index in [0.717, 1.165) is 16.9 Å². The summed E-state index contributed by atoms with van der Waals surface area (Å²) in [5.74, 6) is 0.303. The van der Waals surface area contributed by atoms with Gasteiger partial charge >= 0.3 is 12.8 Å². The van der Waals surface area contributed by atoms with Gasteiger partial charge < -0.3 is 19.7 Å². The average molecular weight is 394 g/mol. The maximum absolute atomic E-state index is 12.8. The molecule has 0 bridgehead atoms. The van der Waals surface area contributed by atoms with Gasteiger partial charge in [0.15, 0.2) is 0 Å². The van der Waals surface area contributed by atoms with E-state index in [2.05, 4.69) is 0 Å². The van der Waals surface area contributed by atoms with Gasteiger partial charge in [0.05, 0.1) is 26.4 Å². The van der Waals surface area contributed by atoms with Crippen molar-refractivity contribution in [2.45, 2.75) is 18.8 Å². The summed E-state index contributed by atoms with van der Waals surface area (Å²) < 4.78 is 33.1. The molecule has 25 heavy (non-hydrogen) atoms. The van der Waals surface area contributed by atoms with Crippen molar-refractivity contribution in [1.29, 1.82) is 0 Å². The molecule has 1 aromatic rings. The highest BCUT2D eigenvalue weighted by molar-refractivity contribution is 8.54. The van der Waals surface area contributed by atoms with Crippen molar-refractivity contribution < 1.29 is 38.1 Å². The molecule has 0 saturated carbocycles. The highest BCUT2D eigenvalue weighted by Crippen LogP contribution is 2.62. The molecule has 8 nitrogen and oxygen atoms in total. The van der Waals surface area contributed by atoms with Crippen molar-refractivity contribution in [3.05, 3.63) is 29.8 Å². The van der Waals surface area contributed by atoms with E-state index in [1.165, 1.54) is 14.0 Å². The molecule has 2 unspecified atom stereocenters. The molecular formula is C15H23O8PS. The van der Waals surface area contributed by atoms with Crippen LogP contribution in [0.3, 0.4) is 0 Å². The van der Waals surface area contributed by atoms with Gasteiger partial charge in [-0.1, -0.05) is 12.1 Å². The Hall–Kier alpha value is -0.930. The molecule has 0 heterocycles. The number of aliphatic hydroxyl groups is 2. The monoisotopic (exact) mass is 394 g/mol. The van der Waals surface area contributed by atoms with Gasteiger partial charge in [0.1, 0.15) is 11.9 Å². The van der Waals surface area contributed by atoms with E-state index in [4.69, 9.17) is 23.6 Å². The Balaban J connectivity index is 2.70. The van der Waals surface area contributed by atoms with Gasteiger partial charge in [0.2, 0.25) is 0 Å². The molecule has 0 fully saturated rings. The lowest BCUT2D eigenvalue weighted by atomic mass is 10.2. The number of esters is 1. The predicted molar refractivity (Wildman–Crippen MR) is 93.5 cm³/mol. The highest BCUT2D eigenvalue weighted by atomic mass is 32.7. The largest absolute Gasteiger partial charge is 0.427 e. The summed E-state index contributed by atoms with van der Waals surface area (Å²) in [5.41, 5.74) is 0.810. The third kappa shape index (κ3) is 8.82. The minimum atomic E-state index is -3.61. The van der Waals surface area contributed by atoms with Crippen LogP contribution in [0.15, 0.2) is 24.3 Å². The molecule has 10 heteroatoms. The second-order valence-corrected chi connectivity index (χ2v) is 8.91. The quantitative estimate of drug-likeness (QED) is 0.312. The van der Waals surface area contributed by atoms with Gasteiger partial charge in [-0.05, 0) is 29.1 Å². The molecule has 2 atom stereocenters. The minimum absolute atomic E-state index is 0.0562. The molecule has 0 amide bonds. The Morgan fingerprint density at radius 1 is 1.28 bits per heavy atom. The van der Waals surface area contributed by atoms with Crippen LogP contribution < -0.4 is 4.74 Å². The van der Waals surface area contributed by atoms with Gasteiger partial charge in [-0.15, -0.1) is 0 Å². The van der Waals surface area contributed by atoms with Crippen LogP contribution in [0.2, 0.25) is 0 Å². The van der Waals surface area contributed by atoms with E-state index in [0.29, 0.717) is 11.5 Å². The van der Waals surface area contributed by atoms with Crippen molar-refractivity contribution in [2.24, 2.45) is 0 Å². The molecule has 0 aromatic heterocycles. The fourth-order valence-corrected chi connectivity index (χ4v) is 5.12. The Morgan fingerprint density at radius 2 is 1.96 bits per heavy atom. The number of benzene rings is 1. The fraction of sp³-hybridized carbons (Fsp3) is 0.533. The van der Waals surface area contributed by atoms with Crippen LogP contribution in [0.4, 0.5) is 0 Å². The second kappa shape index (κ2) is 11.6. The van der Waals surface area contributed by atoms with Gasteiger partial charge in [0, 0.05) is 19.8 Å². The van der Waals surface area contributed by atoms with Crippen LogP contribution in [0.5, 0.6) is 5.75 Å². The normalized spacial score (nSPS) is 14.7. The summed E-state index contributed by atoms with van der Waals surface area (Å²) >= 11 is 0.932. The molecule has 2 N–H and O–H groups in total. The first-order valence-corrected chi connectivity index (χ1v) is 10.6. The number of carbonyl (C=O) groups excluding carboxylic acids is 1. The number of methoxy groups -OCH3 is 1. The summed E-state index contributed by atoms with van der Waals surface area (Å²) in [4.78, 5) is 10.9. The van der Waals surface area contributed by atoms with E-state index in [-0.39, 0.29) is 26.4 Å². The van der Waals surface area contributed by atoms with Crippen LogP contribution in [0, 0.1) is 0 Å². The zero-order chi connectivity index (χ0) is 18.7. The molecule has 0 aliphatic carbocycles. The molecule has 0 radical (unpaired) electrons. The highest BCUT2D eigenvalue weighted by Gasteiger charge is 2.30. The van der Waals surface area contributed by atoms with E-state index in [9.17, 15) is 14.5 Å². The number of aliphatic hydroxyl groups excluding tert-OH is 2. The number of ether oxygens (including phenoxy) is 2. The fourth-order valence-electron chi connectivity index (χ4n) is 1.71. The first kappa shape index (κ1) is 22.1. The third-order valence-corrected chi connectivity index (χ3v) is 6.49. The minimum Gasteiger partial charge on any atom is -0.427 e. The summed E-state index contributed by atoms with van der Waals surface area (Å²) in [6, 6.07) is 6.69. The molecule has 0 aliphatic heterocycles. The SMILES string of the molecule is COCC(CO)OP(=O)(OCCO)SCc1ccc(OC(C)=O)cc1. The molecular weight excluding hydrogens is 371 g/mol. The van der Waals surface area contributed by atoms with Crippen molar-refractivity contribution in [2.75, 3.05) is 33.5 Å². The Labute approximate surface area is 150 Å². The summed E-state index contributed by atoms with van der Waals surface area (Å²) in [6.07, 6.45) is -0.798.